The molecule has 3 aromatic rings. The van der Waals surface area contributed by atoms with E-state index in [1.807, 2.05) is 44.2 Å². The van der Waals surface area contributed by atoms with E-state index in [0.717, 1.165) is 5.56 Å². The van der Waals surface area contributed by atoms with E-state index in [0.29, 0.717) is 23.6 Å². The number of benzene rings is 1. The molecule has 1 amide bonds. The predicted octanol–water partition coefficient (Wildman–Crippen LogP) is 3.83. The van der Waals surface area contributed by atoms with Gasteiger partial charge in [-0.1, -0.05) is 30.3 Å². The SMILES string of the molecule is Cc1nc2ccc(F)cn2c1C(=O)N(Cc1ccccc1)C(C)C. The monoisotopic (exact) mass is 325 g/mol. The van der Waals surface area contributed by atoms with E-state index in [2.05, 4.69) is 4.98 Å². The van der Waals surface area contributed by atoms with Gasteiger partial charge in [-0.05, 0) is 38.5 Å². The lowest BCUT2D eigenvalue weighted by Crippen LogP contribution is -2.37. The van der Waals surface area contributed by atoms with Crippen molar-refractivity contribution >= 4 is 11.6 Å². The number of pyridine rings is 1. The maximum atomic E-state index is 13.6. The van der Waals surface area contributed by atoms with Crippen LogP contribution in [0.5, 0.6) is 0 Å². The molecule has 5 heteroatoms. The first-order valence-corrected chi connectivity index (χ1v) is 7.96. The van der Waals surface area contributed by atoms with Crippen molar-refractivity contribution in [3.8, 4) is 0 Å². The van der Waals surface area contributed by atoms with Crippen molar-refractivity contribution in [3.63, 3.8) is 0 Å². The highest BCUT2D eigenvalue weighted by atomic mass is 19.1. The quantitative estimate of drug-likeness (QED) is 0.731. The third-order valence-electron chi connectivity index (χ3n) is 4.04. The Bertz CT molecular complexity index is 871. The molecule has 0 radical (unpaired) electrons. The van der Waals surface area contributed by atoms with Gasteiger partial charge in [-0.25, -0.2) is 9.37 Å². The van der Waals surface area contributed by atoms with Gasteiger partial charge in [0.25, 0.3) is 5.91 Å². The second-order valence-electron chi connectivity index (χ2n) is 6.13. The lowest BCUT2D eigenvalue weighted by atomic mass is 10.1. The molecule has 1 aromatic carbocycles. The van der Waals surface area contributed by atoms with E-state index in [-0.39, 0.29) is 11.9 Å². The molecule has 24 heavy (non-hydrogen) atoms. The van der Waals surface area contributed by atoms with Gasteiger partial charge in [-0.3, -0.25) is 9.20 Å². The number of hydrogen-bond donors (Lipinski definition) is 0. The summed E-state index contributed by atoms with van der Waals surface area (Å²) in [5, 5.41) is 0. The van der Waals surface area contributed by atoms with Crippen LogP contribution in [0.4, 0.5) is 4.39 Å². The second kappa shape index (κ2) is 6.43. The number of amides is 1. The first kappa shape index (κ1) is 16.2. The second-order valence-corrected chi connectivity index (χ2v) is 6.13. The number of carbonyl (C=O) groups is 1. The van der Waals surface area contributed by atoms with Crippen LogP contribution in [0.3, 0.4) is 0 Å². The fourth-order valence-corrected chi connectivity index (χ4v) is 2.80. The topological polar surface area (TPSA) is 37.6 Å². The summed E-state index contributed by atoms with van der Waals surface area (Å²) in [5.41, 5.74) is 2.64. The number of aryl methyl sites for hydroxylation is 1. The zero-order valence-corrected chi connectivity index (χ0v) is 14.0. The van der Waals surface area contributed by atoms with Gasteiger partial charge >= 0.3 is 0 Å². The van der Waals surface area contributed by atoms with E-state index in [1.165, 1.54) is 16.7 Å². The molecule has 4 nitrogen and oxygen atoms in total. The summed E-state index contributed by atoms with van der Waals surface area (Å²) in [6.07, 6.45) is 1.31. The van der Waals surface area contributed by atoms with Gasteiger partial charge in [-0.2, -0.15) is 0 Å². The summed E-state index contributed by atoms with van der Waals surface area (Å²) >= 11 is 0. The standard InChI is InChI=1S/C19H20FN3O/c1-13(2)22(11-15-7-5-4-6-8-15)19(24)18-14(3)21-17-10-9-16(20)12-23(17)18/h4-10,12-13H,11H2,1-3H3. The Hall–Kier alpha value is -2.69. The van der Waals surface area contributed by atoms with Crippen LogP contribution in [0.1, 0.15) is 35.6 Å². The number of rotatable bonds is 4. The van der Waals surface area contributed by atoms with Crippen LogP contribution in [-0.2, 0) is 6.54 Å². The minimum Gasteiger partial charge on any atom is -0.331 e. The molecule has 0 fully saturated rings. The largest absolute Gasteiger partial charge is 0.331 e. The molecular weight excluding hydrogens is 305 g/mol. The number of fused-ring (bicyclic) bond motifs is 1. The molecule has 0 unspecified atom stereocenters. The molecule has 0 saturated heterocycles. The molecule has 2 heterocycles. The van der Waals surface area contributed by atoms with Crippen molar-refractivity contribution in [2.24, 2.45) is 0 Å². The van der Waals surface area contributed by atoms with Crippen molar-refractivity contribution in [3.05, 3.63) is 71.4 Å². The van der Waals surface area contributed by atoms with Crippen LogP contribution in [0, 0.1) is 12.7 Å². The minimum absolute atomic E-state index is 0.0104. The van der Waals surface area contributed by atoms with Crippen LogP contribution in [0.25, 0.3) is 5.65 Å². The van der Waals surface area contributed by atoms with E-state index in [9.17, 15) is 9.18 Å². The molecule has 0 aliphatic rings. The van der Waals surface area contributed by atoms with E-state index in [4.69, 9.17) is 0 Å². The molecule has 0 spiro atoms. The average molecular weight is 325 g/mol. The number of carbonyl (C=O) groups excluding carboxylic acids is 1. The lowest BCUT2D eigenvalue weighted by molar-refractivity contribution is 0.0682. The Morgan fingerprint density at radius 3 is 2.58 bits per heavy atom. The fraction of sp³-hybridized carbons (Fsp3) is 0.263. The number of imidazole rings is 1. The number of hydrogen-bond acceptors (Lipinski definition) is 2. The predicted molar refractivity (Wildman–Crippen MR) is 91.3 cm³/mol. The Labute approximate surface area is 140 Å². The Kier molecular flexibility index (Phi) is 4.34. The maximum absolute atomic E-state index is 13.6. The van der Waals surface area contributed by atoms with Crippen molar-refractivity contribution in [1.82, 2.24) is 14.3 Å². The highest BCUT2D eigenvalue weighted by Gasteiger charge is 2.24. The van der Waals surface area contributed by atoms with Gasteiger partial charge in [0.2, 0.25) is 0 Å². The molecule has 0 N–H and O–H groups in total. The summed E-state index contributed by atoms with van der Waals surface area (Å²) in [5.74, 6) is -0.544. The fourth-order valence-electron chi connectivity index (χ4n) is 2.80. The molecule has 0 aliphatic heterocycles. The van der Waals surface area contributed by atoms with Gasteiger partial charge in [0.05, 0.1) is 5.69 Å². The summed E-state index contributed by atoms with van der Waals surface area (Å²) in [6.45, 7) is 6.22. The van der Waals surface area contributed by atoms with Crippen LogP contribution in [-0.4, -0.2) is 26.2 Å². The van der Waals surface area contributed by atoms with E-state index < -0.39 is 5.82 Å². The first-order valence-electron chi connectivity index (χ1n) is 7.96. The van der Waals surface area contributed by atoms with Crippen molar-refractivity contribution < 1.29 is 9.18 Å². The van der Waals surface area contributed by atoms with Crippen molar-refractivity contribution in [1.29, 1.82) is 0 Å². The Morgan fingerprint density at radius 2 is 1.92 bits per heavy atom. The van der Waals surface area contributed by atoms with Gasteiger partial charge in [0.15, 0.2) is 0 Å². The van der Waals surface area contributed by atoms with Crippen LogP contribution in [0.15, 0.2) is 48.7 Å². The van der Waals surface area contributed by atoms with E-state index >= 15 is 0 Å². The average Bonchev–Trinajstić information content (AvgIpc) is 2.88. The minimum atomic E-state index is -0.395. The van der Waals surface area contributed by atoms with E-state index in [1.54, 1.807) is 17.9 Å². The Balaban J connectivity index is 2.02. The van der Waals surface area contributed by atoms with Crippen molar-refractivity contribution in [2.45, 2.75) is 33.4 Å². The van der Waals surface area contributed by atoms with Gasteiger partial charge in [0, 0.05) is 18.8 Å². The van der Waals surface area contributed by atoms with Crippen molar-refractivity contribution in [2.75, 3.05) is 0 Å². The molecule has 0 aliphatic carbocycles. The molecule has 124 valence electrons. The third kappa shape index (κ3) is 3.02. The normalized spacial score (nSPS) is 11.2. The smallest absolute Gasteiger partial charge is 0.273 e. The highest BCUT2D eigenvalue weighted by molar-refractivity contribution is 5.94. The Morgan fingerprint density at radius 1 is 1.21 bits per heavy atom. The van der Waals surface area contributed by atoms with Gasteiger partial charge in [-0.15, -0.1) is 0 Å². The van der Waals surface area contributed by atoms with Crippen LogP contribution >= 0.6 is 0 Å². The summed E-state index contributed by atoms with van der Waals surface area (Å²) < 4.78 is 15.2. The molecule has 0 atom stereocenters. The van der Waals surface area contributed by atoms with Gasteiger partial charge < -0.3 is 4.90 Å². The number of halogens is 1. The lowest BCUT2D eigenvalue weighted by Gasteiger charge is -2.27. The van der Waals surface area contributed by atoms with Crippen LogP contribution < -0.4 is 0 Å². The summed E-state index contributed by atoms with van der Waals surface area (Å²) in [4.78, 5) is 19.3. The molecule has 0 saturated carbocycles. The molecule has 2 aromatic heterocycles. The summed E-state index contributed by atoms with van der Waals surface area (Å²) in [7, 11) is 0. The molecule has 0 bridgehead atoms. The third-order valence-corrected chi connectivity index (χ3v) is 4.04. The van der Waals surface area contributed by atoms with Crippen LogP contribution in [0.2, 0.25) is 0 Å². The first-order chi connectivity index (χ1) is 11.5. The summed E-state index contributed by atoms with van der Waals surface area (Å²) in [6, 6.07) is 12.8. The number of nitrogens with zero attached hydrogens (tertiary/aromatic N) is 3. The maximum Gasteiger partial charge on any atom is 0.273 e. The number of aromatic nitrogens is 2. The molecular formula is C19H20FN3O. The highest BCUT2D eigenvalue weighted by Crippen LogP contribution is 2.18. The molecule has 3 rings (SSSR count). The zero-order valence-electron chi connectivity index (χ0n) is 14.0. The van der Waals surface area contributed by atoms with Gasteiger partial charge in [0.1, 0.15) is 17.2 Å². The zero-order chi connectivity index (χ0) is 17.3.